The van der Waals surface area contributed by atoms with Crippen molar-refractivity contribution in [2.45, 2.75) is 60.4 Å². The molecule has 0 aliphatic heterocycles. The zero-order valence-electron chi connectivity index (χ0n) is 15.4. The first-order valence-corrected chi connectivity index (χ1v) is 9.77. The lowest BCUT2D eigenvalue weighted by molar-refractivity contribution is 0.346. The van der Waals surface area contributed by atoms with Crippen LogP contribution in [-0.4, -0.2) is 45.8 Å². The predicted octanol–water partition coefficient (Wildman–Crippen LogP) is 2.31. The van der Waals surface area contributed by atoms with E-state index in [4.69, 9.17) is 0 Å². The van der Waals surface area contributed by atoms with E-state index in [0.29, 0.717) is 24.5 Å². The Morgan fingerprint density at radius 2 is 1.83 bits per heavy atom. The molecule has 23 heavy (non-hydrogen) atoms. The first-order valence-electron chi connectivity index (χ1n) is 8.12. The van der Waals surface area contributed by atoms with Crippen molar-refractivity contribution in [3.63, 3.8) is 0 Å². The summed E-state index contributed by atoms with van der Waals surface area (Å²) >= 11 is 0. The molecule has 0 heterocycles. The van der Waals surface area contributed by atoms with E-state index in [9.17, 15) is 8.42 Å². The first kappa shape index (κ1) is 25.2. The minimum atomic E-state index is -3.14. The second-order valence-electron chi connectivity index (χ2n) is 6.70. The van der Waals surface area contributed by atoms with Crippen LogP contribution in [0.1, 0.15) is 54.4 Å². The number of halogens is 1. The summed E-state index contributed by atoms with van der Waals surface area (Å²) in [7, 11) is -3.14. The van der Waals surface area contributed by atoms with Crippen LogP contribution in [0.3, 0.4) is 0 Å². The van der Waals surface area contributed by atoms with E-state index >= 15 is 0 Å². The molecule has 0 saturated heterocycles. The summed E-state index contributed by atoms with van der Waals surface area (Å²) in [6, 6.07) is 0.323. The Morgan fingerprint density at radius 3 is 2.30 bits per heavy atom. The normalized spacial score (nSPS) is 14.1. The Kier molecular flexibility index (Phi) is 13.4. The summed E-state index contributed by atoms with van der Waals surface area (Å²) < 4.78 is 25.2. The third-order valence-electron chi connectivity index (χ3n) is 3.14. The Morgan fingerprint density at radius 1 is 1.22 bits per heavy atom. The molecule has 0 aliphatic carbocycles. The highest BCUT2D eigenvalue weighted by Gasteiger charge is 2.13. The van der Waals surface area contributed by atoms with Gasteiger partial charge in [-0.3, -0.25) is 4.99 Å². The molecule has 6 nitrogen and oxygen atoms in total. The van der Waals surface area contributed by atoms with Crippen LogP contribution in [0.5, 0.6) is 0 Å². The standard InChI is InChI=1S/C15H34N4O2S.HI/c1-7-16-14(17-11-12-18-22(20,21)8-2)19-13(3)9-10-15(4,5)6;/h13,18H,7-12H2,1-6H3,(H2,16,17,19);1H. The van der Waals surface area contributed by atoms with Crippen LogP contribution in [-0.2, 0) is 10.0 Å². The van der Waals surface area contributed by atoms with Gasteiger partial charge in [-0.25, -0.2) is 13.1 Å². The third kappa shape index (κ3) is 15.2. The summed E-state index contributed by atoms with van der Waals surface area (Å²) in [6.45, 7) is 14.0. The van der Waals surface area contributed by atoms with Crippen molar-refractivity contribution in [3.8, 4) is 0 Å². The molecule has 0 amide bonds. The highest BCUT2D eigenvalue weighted by atomic mass is 127. The van der Waals surface area contributed by atoms with Crippen LogP contribution in [0.25, 0.3) is 0 Å². The average molecular weight is 462 g/mol. The highest BCUT2D eigenvalue weighted by molar-refractivity contribution is 14.0. The number of hydrogen-bond acceptors (Lipinski definition) is 3. The van der Waals surface area contributed by atoms with Crippen LogP contribution in [0.4, 0.5) is 0 Å². The van der Waals surface area contributed by atoms with Gasteiger partial charge in [0, 0.05) is 19.1 Å². The summed E-state index contributed by atoms with van der Waals surface area (Å²) in [4.78, 5) is 4.40. The second-order valence-corrected chi connectivity index (χ2v) is 8.80. The van der Waals surface area contributed by atoms with E-state index in [1.807, 2.05) is 6.92 Å². The molecule has 3 N–H and O–H groups in total. The fraction of sp³-hybridized carbons (Fsp3) is 0.933. The van der Waals surface area contributed by atoms with Gasteiger partial charge in [0.15, 0.2) is 5.96 Å². The summed E-state index contributed by atoms with van der Waals surface area (Å²) in [5.74, 6) is 0.832. The quantitative estimate of drug-likeness (QED) is 0.213. The number of rotatable bonds is 9. The van der Waals surface area contributed by atoms with E-state index in [-0.39, 0.29) is 29.7 Å². The van der Waals surface area contributed by atoms with Crippen LogP contribution in [0, 0.1) is 5.41 Å². The molecule has 0 bridgehead atoms. The van der Waals surface area contributed by atoms with E-state index in [0.717, 1.165) is 25.3 Å². The third-order valence-corrected chi connectivity index (χ3v) is 4.54. The van der Waals surface area contributed by atoms with Crippen molar-refractivity contribution < 1.29 is 8.42 Å². The molecule has 0 fully saturated rings. The van der Waals surface area contributed by atoms with Gasteiger partial charge in [0.1, 0.15) is 0 Å². The van der Waals surface area contributed by atoms with Crippen molar-refractivity contribution >= 4 is 40.0 Å². The molecule has 0 saturated carbocycles. The Balaban J connectivity index is 0. The van der Waals surface area contributed by atoms with Gasteiger partial charge in [-0.1, -0.05) is 20.8 Å². The first-order chi connectivity index (χ1) is 10.1. The lowest BCUT2D eigenvalue weighted by Gasteiger charge is -2.23. The molecule has 1 unspecified atom stereocenters. The predicted molar refractivity (Wildman–Crippen MR) is 110 cm³/mol. The van der Waals surface area contributed by atoms with E-state index in [2.05, 4.69) is 48.0 Å². The fourth-order valence-electron chi connectivity index (χ4n) is 1.75. The summed E-state index contributed by atoms with van der Waals surface area (Å²) in [6.07, 6.45) is 2.20. The molecule has 0 aromatic rings. The molecule has 0 aromatic heterocycles. The van der Waals surface area contributed by atoms with Gasteiger partial charge < -0.3 is 10.6 Å². The molecule has 0 aliphatic rings. The summed E-state index contributed by atoms with van der Waals surface area (Å²) in [5.41, 5.74) is 0.323. The highest BCUT2D eigenvalue weighted by Crippen LogP contribution is 2.21. The molecule has 0 spiro atoms. The van der Waals surface area contributed by atoms with Gasteiger partial charge in [0.05, 0.1) is 12.3 Å². The molecular weight excluding hydrogens is 427 g/mol. The van der Waals surface area contributed by atoms with Crippen molar-refractivity contribution in [2.24, 2.45) is 10.4 Å². The molecular formula is C15H35IN4O2S. The van der Waals surface area contributed by atoms with E-state index < -0.39 is 10.0 Å². The van der Waals surface area contributed by atoms with Crippen LogP contribution < -0.4 is 15.4 Å². The molecule has 8 heteroatoms. The topological polar surface area (TPSA) is 82.6 Å². The SMILES string of the molecule is CCNC(=NCCNS(=O)(=O)CC)NC(C)CCC(C)(C)C.I. The molecule has 140 valence electrons. The second kappa shape index (κ2) is 12.3. The van der Waals surface area contributed by atoms with E-state index in [1.165, 1.54) is 0 Å². The Bertz CT molecular complexity index is 433. The zero-order valence-corrected chi connectivity index (χ0v) is 18.5. The minimum absolute atomic E-state index is 0. The zero-order chi connectivity index (χ0) is 17.2. The van der Waals surface area contributed by atoms with Crippen molar-refractivity contribution in [1.82, 2.24) is 15.4 Å². The van der Waals surface area contributed by atoms with Crippen LogP contribution in [0.2, 0.25) is 0 Å². The van der Waals surface area contributed by atoms with Gasteiger partial charge in [-0.05, 0) is 39.0 Å². The maximum Gasteiger partial charge on any atom is 0.211 e. The largest absolute Gasteiger partial charge is 0.357 e. The van der Waals surface area contributed by atoms with Crippen molar-refractivity contribution in [1.29, 1.82) is 0 Å². The van der Waals surface area contributed by atoms with Gasteiger partial charge in [0.2, 0.25) is 10.0 Å². The van der Waals surface area contributed by atoms with Gasteiger partial charge in [-0.2, -0.15) is 0 Å². The van der Waals surface area contributed by atoms with Crippen LogP contribution >= 0.6 is 24.0 Å². The van der Waals surface area contributed by atoms with Crippen molar-refractivity contribution in [3.05, 3.63) is 0 Å². The lowest BCUT2D eigenvalue weighted by Crippen LogP contribution is -2.43. The minimum Gasteiger partial charge on any atom is -0.357 e. The Hall–Kier alpha value is -0.0900. The number of nitrogens with zero attached hydrogens (tertiary/aromatic N) is 1. The van der Waals surface area contributed by atoms with Crippen LogP contribution in [0.15, 0.2) is 4.99 Å². The fourth-order valence-corrected chi connectivity index (χ4v) is 2.35. The lowest BCUT2D eigenvalue weighted by atomic mass is 9.89. The molecule has 0 radical (unpaired) electrons. The van der Waals surface area contributed by atoms with Gasteiger partial charge >= 0.3 is 0 Å². The number of aliphatic imine (C=N–C) groups is 1. The number of sulfonamides is 1. The Labute approximate surface area is 159 Å². The maximum atomic E-state index is 11.3. The summed E-state index contributed by atoms with van der Waals surface area (Å²) in [5, 5.41) is 6.55. The van der Waals surface area contributed by atoms with Gasteiger partial charge in [-0.15, -0.1) is 24.0 Å². The number of guanidine groups is 1. The van der Waals surface area contributed by atoms with E-state index in [1.54, 1.807) is 6.92 Å². The average Bonchev–Trinajstić information content (AvgIpc) is 2.41. The molecule has 0 aromatic carbocycles. The number of nitrogens with one attached hydrogen (secondary N) is 3. The smallest absolute Gasteiger partial charge is 0.211 e. The number of hydrogen-bond donors (Lipinski definition) is 3. The monoisotopic (exact) mass is 462 g/mol. The maximum absolute atomic E-state index is 11.3. The van der Waals surface area contributed by atoms with Crippen molar-refractivity contribution in [2.75, 3.05) is 25.4 Å². The molecule has 1 atom stereocenters. The molecule has 0 rings (SSSR count). The van der Waals surface area contributed by atoms with Gasteiger partial charge in [0.25, 0.3) is 0 Å².